The zero-order valence-corrected chi connectivity index (χ0v) is 12.7. The molecular weight excluding hydrogens is 288 g/mol. The molecule has 0 aliphatic heterocycles. The van der Waals surface area contributed by atoms with Crippen LogP contribution >= 0.6 is 11.3 Å². The molecule has 106 valence electrons. The standard InChI is InChI=1S/C19H14N2S/c1-2-8-17(9-3-1)20-19-21-18(13-22-19)16-11-10-14-6-4-5-7-15(14)12-16/h1-13H,(H,20,21). The number of para-hydroxylation sites is 1. The number of rotatable bonds is 3. The van der Waals surface area contributed by atoms with Crippen LogP contribution in [0, 0.1) is 0 Å². The summed E-state index contributed by atoms with van der Waals surface area (Å²) >= 11 is 1.62. The summed E-state index contributed by atoms with van der Waals surface area (Å²) in [5.74, 6) is 0. The maximum absolute atomic E-state index is 4.69. The van der Waals surface area contributed by atoms with Crippen LogP contribution in [0.25, 0.3) is 22.0 Å². The van der Waals surface area contributed by atoms with Gasteiger partial charge in [-0.2, -0.15) is 0 Å². The molecule has 0 aliphatic rings. The third-order valence-corrected chi connectivity index (χ3v) is 4.33. The predicted molar refractivity (Wildman–Crippen MR) is 94.8 cm³/mol. The van der Waals surface area contributed by atoms with E-state index in [1.165, 1.54) is 10.8 Å². The lowest BCUT2D eigenvalue weighted by Gasteiger charge is -2.02. The molecule has 0 radical (unpaired) electrons. The van der Waals surface area contributed by atoms with Gasteiger partial charge in [0.15, 0.2) is 5.13 Å². The summed E-state index contributed by atoms with van der Waals surface area (Å²) in [7, 11) is 0. The number of fused-ring (bicyclic) bond motifs is 1. The molecule has 4 rings (SSSR count). The first kappa shape index (κ1) is 13.0. The Bertz CT molecular complexity index is 913. The zero-order valence-electron chi connectivity index (χ0n) is 11.9. The highest BCUT2D eigenvalue weighted by Gasteiger charge is 2.05. The fourth-order valence-corrected chi connectivity index (χ4v) is 3.20. The lowest BCUT2D eigenvalue weighted by Crippen LogP contribution is -1.88. The second-order valence-corrected chi connectivity index (χ2v) is 5.95. The predicted octanol–water partition coefficient (Wildman–Crippen LogP) is 5.71. The van der Waals surface area contributed by atoms with Crippen molar-refractivity contribution in [1.29, 1.82) is 0 Å². The van der Waals surface area contributed by atoms with E-state index < -0.39 is 0 Å². The van der Waals surface area contributed by atoms with Crippen LogP contribution in [0.1, 0.15) is 0 Å². The lowest BCUT2D eigenvalue weighted by molar-refractivity contribution is 1.39. The molecule has 0 unspecified atom stereocenters. The van der Waals surface area contributed by atoms with Gasteiger partial charge in [0, 0.05) is 16.6 Å². The van der Waals surface area contributed by atoms with Crippen molar-refractivity contribution in [2.45, 2.75) is 0 Å². The molecule has 22 heavy (non-hydrogen) atoms. The van der Waals surface area contributed by atoms with Crippen molar-refractivity contribution in [3.8, 4) is 11.3 Å². The summed E-state index contributed by atoms with van der Waals surface area (Å²) in [5.41, 5.74) is 3.21. The third-order valence-electron chi connectivity index (χ3n) is 3.57. The second-order valence-electron chi connectivity index (χ2n) is 5.09. The highest BCUT2D eigenvalue weighted by atomic mass is 32.1. The van der Waals surface area contributed by atoms with E-state index in [4.69, 9.17) is 0 Å². The van der Waals surface area contributed by atoms with E-state index in [0.717, 1.165) is 22.1 Å². The number of anilines is 2. The molecule has 2 nitrogen and oxygen atoms in total. The quantitative estimate of drug-likeness (QED) is 0.524. The van der Waals surface area contributed by atoms with E-state index >= 15 is 0 Å². The molecule has 0 saturated carbocycles. The van der Waals surface area contributed by atoms with Crippen LogP contribution in [0.5, 0.6) is 0 Å². The molecule has 0 spiro atoms. The van der Waals surface area contributed by atoms with Crippen LogP contribution in [0.4, 0.5) is 10.8 Å². The van der Waals surface area contributed by atoms with E-state index in [2.05, 4.69) is 58.1 Å². The summed E-state index contributed by atoms with van der Waals surface area (Å²) in [6.07, 6.45) is 0. The van der Waals surface area contributed by atoms with Crippen molar-refractivity contribution in [1.82, 2.24) is 4.98 Å². The van der Waals surface area contributed by atoms with E-state index in [1.54, 1.807) is 11.3 Å². The molecule has 1 aromatic heterocycles. The highest BCUT2D eigenvalue weighted by molar-refractivity contribution is 7.14. The average Bonchev–Trinajstić information content (AvgIpc) is 3.04. The van der Waals surface area contributed by atoms with Crippen LogP contribution in [0.2, 0.25) is 0 Å². The normalized spacial score (nSPS) is 10.7. The van der Waals surface area contributed by atoms with Crippen LogP contribution in [0.15, 0.2) is 78.2 Å². The lowest BCUT2D eigenvalue weighted by atomic mass is 10.1. The van der Waals surface area contributed by atoms with Gasteiger partial charge in [0.05, 0.1) is 5.69 Å². The first-order valence-corrected chi connectivity index (χ1v) is 8.03. The molecule has 0 saturated heterocycles. The van der Waals surface area contributed by atoms with Gasteiger partial charge in [-0.25, -0.2) is 4.98 Å². The van der Waals surface area contributed by atoms with Crippen molar-refractivity contribution in [3.05, 3.63) is 78.2 Å². The van der Waals surface area contributed by atoms with E-state index in [1.807, 2.05) is 30.3 Å². The molecule has 0 aliphatic carbocycles. The molecule has 0 atom stereocenters. The molecule has 0 amide bonds. The minimum Gasteiger partial charge on any atom is -0.332 e. The number of hydrogen-bond acceptors (Lipinski definition) is 3. The van der Waals surface area contributed by atoms with Crippen LogP contribution < -0.4 is 5.32 Å². The van der Waals surface area contributed by atoms with Crippen molar-refractivity contribution in [2.24, 2.45) is 0 Å². The van der Waals surface area contributed by atoms with Gasteiger partial charge in [0.2, 0.25) is 0 Å². The van der Waals surface area contributed by atoms with Gasteiger partial charge in [0.25, 0.3) is 0 Å². The number of thiazole rings is 1. The maximum atomic E-state index is 4.69. The van der Waals surface area contributed by atoms with Crippen molar-refractivity contribution < 1.29 is 0 Å². The number of aromatic nitrogens is 1. The van der Waals surface area contributed by atoms with Crippen molar-refractivity contribution >= 4 is 32.9 Å². The molecule has 0 bridgehead atoms. The monoisotopic (exact) mass is 302 g/mol. The Morgan fingerprint density at radius 1 is 0.773 bits per heavy atom. The average molecular weight is 302 g/mol. The molecular formula is C19H14N2S. The number of nitrogens with zero attached hydrogens (tertiary/aromatic N) is 1. The summed E-state index contributed by atoms with van der Waals surface area (Å²) in [6.45, 7) is 0. The molecule has 1 N–H and O–H groups in total. The van der Waals surface area contributed by atoms with Crippen molar-refractivity contribution in [3.63, 3.8) is 0 Å². The molecule has 4 aromatic rings. The molecule has 3 heteroatoms. The molecule has 3 aromatic carbocycles. The van der Waals surface area contributed by atoms with Gasteiger partial charge in [0.1, 0.15) is 0 Å². The van der Waals surface area contributed by atoms with Gasteiger partial charge in [-0.1, -0.05) is 54.6 Å². The van der Waals surface area contributed by atoms with Gasteiger partial charge in [-0.15, -0.1) is 11.3 Å². The van der Waals surface area contributed by atoms with Crippen LogP contribution in [-0.2, 0) is 0 Å². The summed E-state index contributed by atoms with van der Waals surface area (Å²) < 4.78 is 0. The van der Waals surface area contributed by atoms with Gasteiger partial charge >= 0.3 is 0 Å². The minimum atomic E-state index is 0.911. The smallest absolute Gasteiger partial charge is 0.187 e. The van der Waals surface area contributed by atoms with E-state index in [-0.39, 0.29) is 0 Å². The summed E-state index contributed by atoms with van der Waals surface area (Å²) in [5, 5.41) is 8.84. The third kappa shape index (κ3) is 2.59. The second kappa shape index (κ2) is 5.62. The van der Waals surface area contributed by atoms with Gasteiger partial charge in [-0.3, -0.25) is 0 Å². The number of nitrogens with one attached hydrogen (secondary N) is 1. The Labute approximate surface area is 133 Å². The Morgan fingerprint density at radius 3 is 2.41 bits per heavy atom. The summed E-state index contributed by atoms with van der Waals surface area (Å²) in [6, 6.07) is 25.0. The van der Waals surface area contributed by atoms with Crippen LogP contribution in [0.3, 0.4) is 0 Å². The van der Waals surface area contributed by atoms with Crippen LogP contribution in [-0.4, -0.2) is 4.98 Å². The fourth-order valence-electron chi connectivity index (χ4n) is 2.46. The highest BCUT2D eigenvalue weighted by Crippen LogP contribution is 2.29. The Balaban J connectivity index is 1.65. The fraction of sp³-hybridized carbons (Fsp3) is 0. The Hall–Kier alpha value is -2.65. The largest absolute Gasteiger partial charge is 0.332 e. The first-order valence-electron chi connectivity index (χ1n) is 7.15. The molecule has 1 heterocycles. The molecule has 0 fully saturated rings. The first-order chi connectivity index (χ1) is 10.9. The Morgan fingerprint density at radius 2 is 1.55 bits per heavy atom. The maximum Gasteiger partial charge on any atom is 0.187 e. The summed E-state index contributed by atoms with van der Waals surface area (Å²) in [4.78, 5) is 4.69. The number of hydrogen-bond donors (Lipinski definition) is 1. The minimum absolute atomic E-state index is 0.911. The van der Waals surface area contributed by atoms with Gasteiger partial charge < -0.3 is 5.32 Å². The SMILES string of the molecule is c1ccc(Nc2nc(-c3ccc4ccccc4c3)cs2)cc1. The van der Waals surface area contributed by atoms with E-state index in [0.29, 0.717) is 0 Å². The topological polar surface area (TPSA) is 24.9 Å². The van der Waals surface area contributed by atoms with Gasteiger partial charge in [-0.05, 0) is 29.0 Å². The zero-order chi connectivity index (χ0) is 14.8. The van der Waals surface area contributed by atoms with Crippen molar-refractivity contribution in [2.75, 3.05) is 5.32 Å². The Kier molecular flexibility index (Phi) is 3.33. The van der Waals surface area contributed by atoms with E-state index in [9.17, 15) is 0 Å². The number of benzene rings is 3.